The third kappa shape index (κ3) is 3.52. The number of ketones is 1. The summed E-state index contributed by atoms with van der Waals surface area (Å²) in [5.74, 6) is 0.248. The summed E-state index contributed by atoms with van der Waals surface area (Å²) in [6.07, 6.45) is 0.930. The van der Waals surface area contributed by atoms with Gasteiger partial charge in [-0.15, -0.1) is 0 Å². The van der Waals surface area contributed by atoms with E-state index in [0.717, 1.165) is 17.7 Å². The van der Waals surface area contributed by atoms with Gasteiger partial charge < -0.3 is 0 Å². The molecule has 17 heavy (non-hydrogen) atoms. The smallest absolute Gasteiger partial charge is 0.166 e. The predicted molar refractivity (Wildman–Crippen MR) is 73.5 cm³/mol. The van der Waals surface area contributed by atoms with Gasteiger partial charge in [-0.1, -0.05) is 41.5 Å². The average Bonchev–Trinajstić information content (AvgIpc) is 2.43. The molecule has 0 bridgehead atoms. The number of carbonyl (C=O) groups is 1. The van der Waals surface area contributed by atoms with Crippen LogP contribution < -0.4 is 0 Å². The minimum Gasteiger partial charge on any atom is -0.294 e. The minimum absolute atomic E-state index is 0.194. The molecule has 1 rings (SSSR count). The maximum Gasteiger partial charge on any atom is 0.166 e. The first kappa shape index (κ1) is 14.1. The van der Waals surface area contributed by atoms with Crippen LogP contribution >= 0.6 is 0 Å². The van der Waals surface area contributed by atoms with Gasteiger partial charge in [0.25, 0.3) is 0 Å². The Bertz CT molecular complexity index is 386. The van der Waals surface area contributed by atoms with Crippen LogP contribution in [0.2, 0.25) is 0 Å². The molecule has 0 atom stereocenters. The fourth-order valence-electron chi connectivity index (χ4n) is 2.03. The molecule has 0 saturated heterocycles. The van der Waals surface area contributed by atoms with Crippen molar-refractivity contribution in [2.24, 2.45) is 15.8 Å². The molecule has 0 fully saturated rings. The van der Waals surface area contributed by atoms with Gasteiger partial charge in [0.15, 0.2) is 5.78 Å². The van der Waals surface area contributed by atoms with Crippen LogP contribution in [0.5, 0.6) is 0 Å². The standard InChI is InChI=1S/C15H25NO/c1-10-11(8-14(2,3)4)12(9-16-10)13(17)15(5,6)7/h8-9H2,1-7H3. The van der Waals surface area contributed by atoms with E-state index in [1.807, 2.05) is 27.7 Å². The van der Waals surface area contributed by atoms with E-state index < -0.39 is 0 Å². The van der Waals surface area contributed by atoms with E-state index in [9.17, 15) is 4.79 Å². The lowest BCUT2D eigenvalue weighted by atomic mass is 9.80. The van der Waals surface area contributed by atoms with Crippen LogP contribution in [-0.2, 0) is 4.79 Å². The molecule has 1 aliphatic heterocycles. The fraction of sp³-hybridized carbons (Fsp3) is 0.733. The number of aliphatic imine (C=N–C) groups is 1. The normalized spacial score (nSPS) is 17.5. The number of hydrogen-bond donors (Lipinski definition) is 0. The second kappa shape index (κ2) is 4.40. The van der Waals surface area contributed by atoms with Gasteiger partial charge in [0, 0.05) is 16.7 Å². The highest BCUT2D eigenvalue weighted by atomic mass is 16.1. The second-order valence-corrected chi connectivity index (χ2v) is 7.18. The summed E-state index contributed by atoms with van der Waals surface area (Å²) in [7, 11) is 0. The number of rotatable bonds is 2. The van der Waals surface area contributed by atoms with Crippen molar-refractivity contribution in [3.63, 3.8) is 0 Å². The highest BCUT2D eigenvalue weighted by Gasteiger charge is 2.31. The van der Waals surface area contributed by atoms with Gasteiger partial charge in [0.2, 0.25) is 0 Å². The number of hydrogen-bond acceptors (Lipinski definition) is 2. The number of allylic oxidation sites excluding steroid dienone is 1. The van der Waals surface area contributed by atoms with Gasteiger partial charge in [0.05, 0.1) is 6.54 Å². The molecular weight excluding hydrogens is 210 g/mol. The van der Waals surface area contributed by atoms with E-state index in [0.29, 0.717) is 6.54 Å². The summed E-state index contributed by atoms with van der Waals surface area (Å²) in [6.45, 7) is 15.1. The lowest BCUT2D eigenvalue weighted by Crippen LogP contribution is -2.24. The Hall–Kier alpha value is -0.920. The second-order valence-electron chi connectivity index (χ2n) is 7.18. The van der Waals surface area contributed by atoms with Crippen molar-refractivity contribution in [3.8, 4) is 0 Å². The van der Waals surface area contributed by atoms with Crippen LogP contribution in [0.15, 0.2) is 16.1 Å². The van der Waals surface area contributed by atoms with Gasteiger partial charge in [-0.05, 0) is 24.3 Å². The monoisotopic (exact) mass is 235 g/mol. The summed E-state index contributed by atoms with van der Waals surface area (Å²) < 4.78 is 0. The lowest BCUT2D eigenvalue weighted by molar-refractivity contribution is -0.122. The topological polar surface area (TPSA) is 29.4 Å². The molecule has 2 nitrogen and oxygen atoms in total. The first-order chi connectivity index (χ1) is 7.52. The van der Waals surface area contributed by atoms with E-state index >= 15 is 0 Å². The van der Waals surface area contributed by atoms with Gasteiger partial charge in [-0.2, -0.15) is 0 Å². The molecule has 0 aromatic rings. The van der Waals surface area contributed by atoms with E-state index in [-0.39, 0.29) is 16.6 Å². The molecule has 0 radical (unpaired) electrons. The van der Waals surface area contributed by atoms with Crippen molar-refractivity contribution in [2.45, 2.75) is 54.9 Å². The molecule has 1 heterocycles. The molecule has 0 amide bonds. The Labute approximate surface area is 105 Å². The highest BCUT2D eigenvalue weighted by molar-refractivity contribution is 6.12. The zero-order chi connectivity index (χ0) is 13.4. The van der Waals surface area contributed by atoms with Gasteiger partial charge >= 0.3 is 0 Å². The Morgan fingerprint density at radius 1 is 1.18 bits per heavy atom. The van der Waals surface area contributed by atoms with Gasteiger partial charge in [-0.3, -0.25) is 9.79 Å². The maximum absolute atomic E-state index is 12.4. The molecule has 0 aromatic heterocycles. The Morgan fingerprint density at radius 3 is 2.12 bits per heavy atom. The molecule has 0 aliphatic carbocycles. The Kier molecular flexibility index (Phi) is 3.66. The zero-order valence-corrected chi connectivity index (χ0v) is 12.3. The van der Waals surface area contributed by atoms with Crippen molar-refractivity contribution in [3.05, 3.63) is 11.1 Å². The third-order valence-electron chi connectivity index (χ3n) is 2.94. The lowest BCUT2D eigenvalue weighted by Gasteiger charge is -2.23. The van der Waals surface area contributed by atoms with Crippen LogP contribution in [-0.4, -0.2) is 18.0 Å². The van der Waals surface area contributed by atoms with Crippen LogP contribution in [0.4, 0.5) is 0 Å². The van der Waals surface area contributed by atoms with Gasteiger partial charge in [0.1, 0.15) is 0 Å². The van der Waals surface area contributed by atoms with E-state index in [1.165, 1.54) is 5.57 Å². The number of carbonyl (C=O) groups excluding carboxylic acids is 1. The molecule has 0 saturated carbocycles. The third-order valence-corrected chi connectivity index (χ3v) is 2.94. The van der Waals surface area contributed by atoms with E-state index in [2.05, 4.69) is 25.8 Å². The summed E-state index contributed by atoms with van der Waals surface area (Å²) in [5.41, 5.74) is 3.05. The summed E-state index contributed by atoms with van der Waals surface area (Å²) in [6, 6.07) is 0. The highest BCUT2D eigenvalue weighted by Crippen LogP contribution is 2.33. The average molecular weight is 235 g/mol. The first-order valence-corrected chi connectivity index (χ1v) is 6.30. The molecule has 0 N–H and O–H groups in total. The van der Waals surface area contributed by atoms with Crippen molar-refractivity contribution < 1.29 is 4.79 Å². The fourth-order valence-corrected chi connectivity index (χ4v) is 2.03. The molecule has 0 spiro atoms. The van der Waals surface area contributed by atoms with Crippen molar-refractivity contribution in [2.75, 3.05) is 6.54 Å². The molecule has 96 valence electrons. The van der Waals surface area contributed by atoms with Crippen LogP contribution in [0.3, 0.4) is 0 Å². The van der Waals surface area contributed by atoms with Crippen molar-refractivity contribution in [1.29, 1.82) is 0 Å². The number of Topliss-reactive ketones (excluding diaryl/α,β-unsaturated/α-hetero) is 1. The summed E-state index contributed by atoms with van der Waals surface area (Å²) in [4.78, 5) is 16.8. The van der Waals surface area contributed by atoms with Crippen LogP contribution in [0, 0.1) is 10.8 Å². The molecule has 1 aliphatic rings. The minimum atomic E-state index is -0.307. The van der Waals surface area contributed by atoms with Crippen molar-refractivity contribution >= 4 is 11.5 Å². The SMILES string of the molecule is CC1=NCC(C(=O)C(C)(C)C)=C1CC(C)(C)C. The molecule has 0 unspecified atom stereocenters. The maximum atomic E-state index is 12.4. The zero-order valence-electron chi connectivity index (χ0n) is 12.3. The Morgan fingerprint density at radius 2 is 1.71 bits per heavy atom. The van der Waals surface area contributed by atoms with E-state index in [4.69, 9.17) is 0 Å². The summed E-state index contributed by atoms with van der Waals surface area (Å²) >= 11 is 0. The largest absolute Gasteiger partial charge is 0.294 e. The number of nitrogens with zero attached hydrogens (tertiary/aromatic N) is 1. The molecular formula is C15H25NO. The van der Waals surface area contributed by atoms with Gasteiger partial charge in [-0.25, -0.2) is 0 Å². The van der Waals surface area contributed by atoms with E-state index in [1.54, 1.807) is 0 Å². The van der Waals surface area contributed by atoms with Crippen LogP contribution in [0.25, 0.3) is 0 Å². The first-order valence-electron chi connectivity index (χ1n) is 6.30. The van der Waals surface area contributed by atoms with Crippen LogP contribution in [0.1, 0.15) is 54.9 Å². The summed E-state index contributed by atoms with van der Waals surface area (Å²) in [5, 5.41) is 0. The van der Waals surface area contributed by atoms with Crippen molar-refractivity contribution in [1.82, 2.24) is 0 Å². The predicted octanol–water partition coefficient (Wildman–Crippen LogP) is 3.81. The quantitative estimate of drug-likeness (QED) is 0.715. The molecule has 0 aromatic carbocycles. The Balaban J connectivity index is 3.08. The molecule has 2 heteroatoms.